The second-order valence-electron chi connectivity index (χ2n) is 6.71. The van der Waals surface area contributed by atoms with Crippen LogP contribution in [0.5, 0.6) is 0 Å². The Labute approximate surface area is 178 Å². The molecular weight excluding hydrogens is 500 g/mol. The predicted octanol–water partition coefficient (Wildman–Crippen LogP) is 1.04. The summed E-state index contributed by atoms with van der Waals surface area (Å²) in [5, 5.41) is -5.55. The first-order chi connectivity index (χ1) is 14.5. The van der Waals surface area contributed by atoms with Gasteiger partial charge in [0, 0.05) is 5.92 Å². The van der Waals surface area contributed by atoms with Gasteiger partial charge in [0.1, 0.15) is 0 Å². The topological polar surface area (TPSA) is 220 Å². The quantitative estimate of drug-likeness (QED) is 0.189. The van der Waals surface area contributed by atoms with Crippen molar-refractivity contribution in [3.63, 3.8) is 0 Å². The number of fused-ring (bicyclic) bond motifs is 1. The highest BCUT2D eigenvalue weighted by atomic mass is 31.3. The number of allylic oxidation sites excluding steroid dienone is 1. The molecule has 0 fully saturated rings. The van der Waals surface area contributed by atoms with Crippen molar-refractivity contribution in [1.82, 2.24) is 19.5 Å². The number of alkyl halides is 2. The van der Waals surface area contributed by atoms with Gasteiger partial charge in [0.05, 0.1) is 26.5 Å². The molecule has 6 N–H and O–H groups in total. The van der Waals surface area contributed by atoms with Crippen LogP contribution in [0.25, 0.3) is 11.2 Å². The molecule has 2 aromatic heterocycles. The number of hydrogen-bond acceptors (Lipinski definition) is 9. The van der Waals surface area contributed by atoms with Crippen LogP contribution >= 0.6 is 22.7 Å². The number of nitrogen functional groups attached to an aromatic ring is 1. The zero-order valence-electron chi connectivity index (χ0n) is 15.7. The van der Waals surface area contributed by atoms with Crippen molar-refractivity contribution in [2.45, 2.75) is 17.9 Å². The summed E-state index contributed by atoms with van der Waals surface area (Å²) < 4.78 is 71.2. The van der Waals surface area contributed by atoms with Gasteiger partial charge < -0.3 is 41.6 Å². The molecule has 3 rings (SSSR count). The molecule has 1 aliphatic carbocycles. The minimum Gasteiger partial charge on any atom is -0.443 e. The Hall–Kier alpha value is -1.70. The SMILES string of the molecule is [B-]P(=O)(OCC1C=CC(n2cnc3c(=O)[nH]c(N)nc32)C1)OP(=O)(O)C(F)(F)P(=O)(O)O. The average Bonchev–Trinajstić information content (AvgIpc) is 3.24. The highest BCUT2D eigenvalue weighted by Gasteiger charge is 2.65. The normalized spacial score (nSPS) is 23.3. The number of hydrogen-bond donors (Lipinski definition) is 5. The van der Waals surface area contributed by atoms with E-state index in [9.17, 15) is 32.2 Å². The average molecular weight is 515 g/mol. The van der Waals surface area contributed by atoms with Crippen molar-refractivity contribution in [3.05, 3.63) is 28.8 Å². The van der Waals surface area contributed by atoms with E-state index in [1.54, 1.807) is 12.2 Å². The first-order valence-electron chi connectivity index (χ1n) is 8.45. The van der Waals surface area contributed by atoms with Crippen LogP contribution in [-0.4, -0.2) is 53.8 Å². The van der Waals surface area contributed by atoms with Crippen LogP contribution in [-0.2, 0) is 22.5 Å². The lowest BCUT2D eigenvalue weighted by Crippen LogP contribution is -2.18. The number of halogens is 2. The van der Waals surface area contributed by atoms with Gasteiger partial charge in [-0.15, -0.1) is 0 Å². The molecule has 4 unspecified atom stereocenters. The van der Waals surface area contributed by atoms with Gasteiger partial charge in [0.15, 0.2) is 11.2 Å². The summed E-state index contributed by atoms with van der Waals surface area (Å²) in [6, 6.07) is -0.414. The van der Waals surface area contributed by atoms with Crippen molar-refractivity contribution in [1.29, 1.82) is 0 Å². The highest BCUT2D eigenvalue weighted by Crippen LogP contribution is 2.77. The largest absolute Gasteiger partial charge is 0.444 e. The van der Waals surface area contributed by atoms with Gasteiger partial charge in [-0.3, -0.25) is 23.2 Å². The van der Waals surface area contributed by atoms with E-state index in [2.05, 4.69) is 23.8 Å². The number of aromatic nitrogens is 4. The summed E-state index contributed by atoms with van der Waals surface area (Å²) in [6.07, 6.45) is 4.80. The molecule has 0 aliphatic heterocycles. The molecule has 20 heteroatoms. The number of aromatic amines is 1. The number of nitrogens with one attached hydrogen (secondary N) is 1. The fraction of sp³-hybridized carbons (Fsp3) is 0.417. The number of nitrogens with two attached hydrogens (primary N) is 1. The molecule has 175 valence electrons. The smallest absolute Gasteiger partial charge is 0.443 e. The van der Waals surface area contributed by atoms with Crippen LogP contribution in [0.1, 0.15) is 12.5 Å². The zero-order chi connectivity index (χ0) is 24.1. The second-order valence-corrected chi connectivity index (χ2v) is 12.3. The minimum absolute atomic E-state index is 0.0387. The van der Waals surface area contributed by atoms with E-state index in [0.29, 0.717) is 0 Å². The minimum atomic E-state index is -6.48. The summed E-state index contributed by atoms with van der Waals surface area (Å²) in [5.41, 5.74) is 5.22. The Morgan fingerprint density at radius 1 is 1.31 bits per heavy atom. The Morgan fingerprint density at radius 3 is 2.59 bits per heavy atom. The fourth-order valence-electron chi connectivity index (χ4n) is 2.86. The summed E-state index contributed by atoms with van der Waals surface area (Å²) in [4.78, 5) is 48.4. The van der Waals surface area contributed by atoms with E-state index >= 15 is 0 Å². The number of anilines is 1. The lowest BCUT2D eigenvalue weighted by Gasteiger charge is -2.32. The van der Waals surface area contributed by atoms with Crippen LogP contribution < -0.4 is 11.3 Å². The Bertz CT molecular complexity index is 1280. The molecule has 0 saturated carbocycles. The van der Waals surface area contributed by atoms with E-state index in [0.717, 1.165) is 0 Å². The van der Waals surface area contributed by atoms with Gasteiger partial charge in [-0.2, -0.15) is 13.8 Å². The van der Waals surface area contributed by atoms with Crippen molar-refractivity contribution in [2.75, 3.05) is 12.3 Å². The number of nitrogens with zero attached hydrogens (tertiary/aromatic N) is 3. The van der Waals surface area contributed by atoms with Crippen molar-refractivity contribution in [3.8, 4) is 0 Å². The summed E-state index contributed by atoms with van der Waals surface area (Å²) in [7, 11) is -13.0. The number of H-pyrrole nitrogens is 1. The van der Waals surface area contributed by atoms with Gasteiger partial charge >= 0.3 is 20.6 Å². The first-order valence-corrected chi connectivity index (χ1v) is 13.3. The molecule has 3 radical (unpaired) electrons. The molecule has 14 nitrogen and oxygen atoms in total. The molecule has 2 aromatic rings. The van der Waals surface area contributed by atoms with Gasteiger partial charge in [-0.05, 0) is 6.42 Å². The molecule has 32 heavy (non-hydrogen) atoms. The molecule has 2 heterocycles. The van der Waals surface area contributed by atoms with Crippen LogP contribution in [0.3, 0.4) is 0 Å². The molecule has 1 aliphatic rings. The predicted molar refractivity (Wildman–Crippen MR) is 106 cm³/mol. The molecule has 0 aromatic carbocycles. The number of imidazole rings is 1. The molecule has 4 atom stereocenters. The van der Waals surface area contributed by atoms with Crippen molar-refractivity contribution in [2.24, 2.45) is 5.92 Å². The van der Waals surface area contributed by atoms with Gasteiger partial charge in [-0.1, -0.05) is 12.2 Å². The third kappa shape index (κ3) is 4.80. The van der Waals surface area contributed by atoms with Gasteiger partial charge in [0.25, 0.3) is 5.56 Å². The van der Waals surface area contributed by atoms with Crippen LogP contribution in [0.15, 0.2) is 23.3 Å². The molecule has 0 amide bonds. The van der Waals surface area contributed by atoms with E-state index in [1.165, 1.54) is 10.9 Å². The fourth-order valence-corrected chi connectivity index (χ4v) is 6.72. The van der Waals surface area contributed by atoms with E-state index in [4.69, 9.17) is 23.1 Å². The van der Waals surface area contributed by atoms with Crippen molar-refractivity contribution >= 4 is 47.3 Å². The Kier molecular flexibility index (Phi) is 6.44. The lowest BCUT2D eigenvalue weighted by atomic mass is 10.1. The maximum atomic E-state index is 13.5. The van der Waals surface area contributed by atoms with E-state index in [1.807, 2.05) is 0 Å². The van der Waals surface area contributed by atoms with Gasteiger partial charge in [0.2, 0.25) is 5.95 Å². The van der Waals surface area contributed by atoms with E-state index < -0.39 is 52.2 Å². The summed E-state index contributed by atoms with van der Waals surface area (Å²) in [5.74, 6) is -0.675. The zero-order valence-corrected chi connectivity index (χ0v) is 18.4. The molecule has 0 spiro atoms. The third-order valence-corrected chi connectivity index (χ3v) is 9.57. The molecular formula is C12H15BF2N5O9P3-. The molecule has 0 bridgehead atoms. The van der Waals surface area contributed by atoms with Gasteiger partial charge in [-0.25, -0.2) is 4.98 Å². The monoisotopic (exact) mass is 515 g/mol. The Balaban J connectivity index is 1.66. The van der Waals surface area contributed by atoms with E-state index in [-0.39, 0.29) is 23.5 Å². The molecule has 0 saturated heterocycles. The summed E-state index contributed by atoms with van der Waals surface area (Å²) >= 11 is 0. The first kappa shape index (κ1) is 24.9. The maximum Gasteiger partial charge on any atom is 0.444 e. The standard InChI is InChI=1S/C12H15BF2N5O9P3/c13-32(27,29-31(25,26)12(14,15)30(22,23)24)28-4-6-1-2-7(3-6)20-5-17-8-9(20)18-11(16)19-10(8)21/h1-2,5-7H,3-4H2,(H,25,26)(H2,22,23,24)(H3,16,18,19,21)/q-1. The Morgan fingerprint density at radius 2 is 1.97 bits per heavy atom. The second kappa shape index (κ2) is 8.26. The summed E-state index contributed by atoms with van der Waals surface area (Å²) in [6.45, 7) is -0.523. The third-order valence-electron chi connectivity index (χ3n) is 4.34. The lowest BCUT2D eigenvalue weighted by molar-refractivity contribution is 0.106. The maximum absolute atomic E-state index is 13.5. The van der Waals surface area contributed by atoms with Crippen LogP contribution in [0.2, 0.25) is 0 Å². The highest BCUT2D eigenvalue weighted by molar-refractivity contribution is 7.86. The number of rotatable bonds is 8. The van der Waals surface area contributed by atoms with Crippen LogP contribution in [0.4, 0.5) is 14.7 Å². The van der Waals surface area contributed by atoms with Crippen molar-refractivity contribution < 1.29 is 46.0 Å². The van der Waals surface area contributed by atoms with Crippen LogP contribution in [0, 0.1) is 5.92 Å².